The summed E-state index contributed by atoms with van der Waals surface area (Å²) in [5.74, 6) is -1.01. The van der Waals surface area contributed by atoms with Gasteiger partial charge >= 0.3 is 19.8 Å². The minimum absolute atomic E-state index is 0.117. The number of unbranched alkanes of at least 4 members (excludes halogenated alkanes) is 32. The molecule has 0 rings (SSSR count). The van der Waals surface area contributed by atoms with Gasteiger partial charge in [-0.25, -0.2) is 4.57 Å². The molecule has 0 spiro atoms. The van der Waals surface area contributed by atoms with Crippen molar-refractivity contribution in [3.05, 3.63) is 48.6 Å². The summed E-state index contributed by atoms with van der Waals surface area (Å²) in [4.78, 5) is 35.2. The molecule has 0 aliphatic carbocycles. The Morgan fingerprint density at radius 2 is 0.725 bits per heavy atom. The zero-order valence-electron chi connectivity index (χ0n) is 44.5. The maximum absolute atomic E-state index is 12.7. The van der Waals surface area contributed by atoms with E-state index in [0.717, 1.165) is 44.9 Å². The van der Waals surface area contributed by atoms with Gasteiger partial charge in [0.2, 0.25) is 0 Å². The van der Waals surface area contributed by atoms with Crippen LogP contribution in [0.4, 0.5) is 0 Å². The first-order chi connectivity index (χ1) is 33.7. The number of esters is 2. The van der Waals surface area contributed by atoms with Crippen molar-refractivity contribution in [2.24, 2.45) is 0 Å². The van der Waals surface area contributed by atoms with Gasteiger partial charge in [-0.3, -0.25) is 18.6 Å². The fraction of sp³-hybridized carbons (Fsp3) is 0.828. The van der Waals surface area contributed by atoms with Crippen molar-refractivity contribution in [1.29, 1.82) is 0 Å². The number of phosphoric ester groups is 1. The van der Waals surface area contributed by atoms with Gasteiger partial charge in [-0.05, 0) is 77.0 Å². The Bertz CT molecular complexity index is 1280. The van der Waals surface area contributed by atoms with E-state index in [2.05, 4.69) is 62.5 Å². The smallest absolute Gasteiger partial charge is 0.462 e. The van der Waals surface area contributed by atoms with Crippen LogP contribution in [-0.4, -0.2) is 65.7 Å². The first-order valence-electron chi connectivity index (χ1n) is 28.6. The van der Waals surface area contributed by atoms with Crippen molar-refractivity contribution in [3.8, 4) is 0 Å². The van der Waals surface area contributed by atoms with E-state index < -0.39 is 51.8 Å². The summed E-state index contributed by atoms with van der Waals surface area (Å²) >= 11 is 0. The highest BCUT2D eigenvalue weighted by Gasteiger charge is 2.27. The van der Waals surface area contributed by atoms with Crippen LogP contribution in [0.5, 0.6) is 0 Å². The van der Waals surface area contributed by atoms with E-state index in [1.807, 2.05) is 0 Å². The average molecular weight is 995 g/mol. The van der Waals surface area contributed by atoms with Gasteiger partial charge in [0, 0.05) is 12.8 Å². The number of hydrogen-bond donors (Lipinski definition) is 3. The van der Waals surface area contributed by atoms with Gasteiger partial charge in [0.25, 0.3) is 0 Å². The number of aliphatic hydroxyl groups excluding tert-OH is 2. The minimum Gasteiger partial charge on any atom is -0.462 e. The van der Waals surface area contributed by atoms with Crippen LogP contribution in [0.25, 0.3) is 0 Å². The zero-order chi connectivity index (χ0) is 50.4. The summed E-state index contributed by atoms with van der Waals surface area (Å²) in [7, 11) is -4.65. The van der Waals surface area contributed by atoms with Crippen LogP contribution in [0.15, 0.2) is 48.6 Å². The highest BCUT2D eigenvalue weighted by Crippen LogP contribution is 2.43. The van der Waals surface area contributed by atoms with E-state index >= 15 is 0 Å². The first kappa shape index (κ1) is 66.9. The molecule has 69 heavy (non-hydrogen) atoms. The van der Waals surface area contributed by atoms with E-state index in [0.29, 0.717) is 19.3 Å². The predicted octanol–water partition coefficient (Wildman–Crippen LogP) is 16.8. The number of phosphoric acid groups is 1. The van der Waals surface area contributed by atoms with Crippen molar-refractivity contribution in [2.45, 2.75) is 283 Å². The predicted molar refractivity (Wildman–Crippen MR) is 288 cm³/mol. The molecule has 0 fully saturated rings. The Hall–Kier alpha value is -2.07. The summed E-state index contributed by atoms with van der Waals surface area (Å²) in [6, 6.07) is 0. The summed E-state index contributed by atoms with van der Waals surface area (Å²) in [6.45, 7) is 2.35. The lowest BCUT2D eigenvalue weighted by atomic mass is 10.0. The topological polar surface area (TPSA) is 149 Å². The Kier molecular flexibility index (Phi) is 52.1. The highest BCUT2D eigenvalue weighted by atomic mass is 31.2. The molecule has 3 atom stereocenters. The third-order valence-electron chi connectivity index (χ3n) is 12.4. The van der Waals surface area contributed by atoms with Crippen LogP contribution in [0.1, 0.15) is 271 Å². The highest BCUT2D eigenvalue weighted by molar-refractivity contribution is 7.47. The fourth-order valence-electron chi connectivity index (χ4n) is 8.04. The number of carbonyl (C=O) groups excluding carboxylic acids is 2. The summed E-state index contributed by atoms with van der Waals surface area (Å²) in [5, 5.41) is 18.4. The number of hydrogen-bond acceptors (Lipinski definition) is 9. The second kappa shape index (κ2) is 53.7. The Labute approximate surface area is 423 Å². The molecule has 0 saturated carbocycles. The van der Waals surface area contributed by atoms with Crippen molar-refractivity contribution >= 4 is 19.8 Å². The molecule has 3 N–H and O–H groups in total. The number of ether oxygens (including phenoxy) is 2. The molecule has 0 aliphatic heterocycles. The third-order valence-corrected chi connectivity index (χ3v) is 13.4. The monoisotopic (exact) mass is 995 g/mol. The first-order valence-corrected chi connectivity index (χ1v) is 30.1. The Morgan fingerprint density at radius 3 is 1.09 bits per heavy atom. The fourth-order valence-corrected chi connectivity index (χ4v) is 8.83. The average Bonchev–Trinajstić information content (AvgIpc) is 3.34. The van der Waals surface area contributed by atoms with E-state index in [1.165, 1.54) is 180 Å². The summed E-state index contributed by atoms with van der Waals surface area (Å²) in [6.07, 6.45) is 62.6. The van der Waals surface area contributed by atoms with Gasteiger partial charge in [0.05, 0.1) is 19.8 Å². The van der Waals surface area contributed by atoms with E-state index in [-0.39, 0.29) is 19.4 Å². The lowest BCUT2D eigenvalue weighted by molar-refractivity contribution is -0.161. The lowest BCUT2D eigenvalue weighted by Crippen LogP contribution is -2.29. The Balaban J connectivity index is 4.21. The van der Waals surface area contributed by atoms with Gasteiger partial charge in [0.15, 0.2) is 6.10 Å². The molecule has 11 heteroatoms. The molecule has 0 aromatic heterocycles. The summed E-state index contributed by atoms with van der Waals surface area (Å²) in [5.41, 5.74) is 0. The lowest BCUT2D eigenvalue weighted by Gasteiger charge is -2.20. The van der Waals surface area contributed by atoms with Crippen molar-refractivity contribution in [2.75, 3.05) is 26.4 Å². The van der Waals surface area contributed by atoms with Crippen molar-refractivity contribution < 1.29 is 47.8 Å². The van der Waals surface area contributed by atoms with Crippen LogP contribution in [0, 0.1) is 0 Å². The molecule has 0 saturated heterocycles. The van der Waals surface area contributed by atoms with Crippen LogP contribution >= 0.6 is 7.82 Å². The molecule has 10 nitrogen and oxygen atoms in total. The van der Waals surface area contributed by atoms with Crippen LogP contribution in [0.2, 0.25) is 0 Å². The number of carbonyl (C=O) groups is 2. The molecule has 0 aromatic carbocycles. The molecule has 404 valence electrons. The quantitative estimate of drug-likeness (QED) is 0.0233. The van der Waals surface area contributed by atoms with Gasteiger partial charge in [-0.15, -0.1) is 0 Å². The molecule has 1 unspecified atom stereocenters. The molecule has 0 aliphatic rings. The molecular formula is C58H107O10P. The zero-order valence-corrected chi connectivity index (χ0v) is 45.4. The SMILES string of the molecule is CCCCCCCCCCCCCCCC/C=C/CC/C=C/CCCC(=O)OC[C@H](COP(=O)(O)OC[C@@H](O)CO)OC(=O)CCC/C=C/CC/C=C/CCCCCCCCCCCCCCCC. The van der Waals surface area contributed by atoms with Crippen LogP contribution in [-0.2, 0) is 32.7 Å². The van der Waals surface area contributed by atoms with Crippen molar-refractivity contribution in [3.63, 3.8) is 0 Å². The molecule has 0 amide bonds. The van der Waals surface area contributed by atoms with Crippen LogP contribution in [0.3, 0.4) is 0 Å². The molecule has 0 heterocycles. The minimum atomic E-state index is -4.65. The largest absolute Gasteiger partial charge is 0.472 e. The number of rotatable bonds is 54. The summed E-state index contributed by atoms with van der Waals surface area (Å²) < 4.78 is 32.8. The van der Waals surface area contributed by atoms with Gasteiger partial charge in [0.1, 0.15) is 12.7 Å². The number of allylic oxidation sites excluding steroid dienone is 8. The van der Waals surface area contributed by atoms with Gasteiger partial charge in [-0.1, -0.05) is 229 Å². The van der Waals surface area contributed by atoms with Gasteiger partial charge < -0.3 is 24.6 Å². The molecular weight excluding hydrogens is 888 g/mol. The standard InChI is InChI=1S/C58H107O10P/c1-3-5-7-9-11-13-15-17-19-21-23-25-27-29-31-33-35-37-39-41-43-45-47-49-57(61)65-53-56(54-67-69(63,64)66-52-55(60)51-59)68-58(62)50-48-46-44-42-40-38-36-34-32-30-28-26-24-22-20-18-16-14-12-10-8-6-4-2/h33-36,41-44,55-56,59-60H,3-32,37-40,45-54H2,1-2H3,(H,63,64)/b35-33+,36-34+,43-41+,44-42+/t55-,56+/m0/s1. The maximum Gasteiger partial charge on any atom is 0.472 e. The molecule has 0 radical (unpaired) electrons. The van der Waals surface area contributed by atoms with E-state index in [1.54, 1.807) is 0 Å². The van der Waals surface area contributed by atoms with Crippen LogP contribution < -0.4 is 0 Å². The second-order valence-corrected chi connectivity index (χ2v) is 20.7. The van der Waals surface area contributed by atoms with E-state index in [4.69, 9.17) is 23.6 Å². The molecule has 0 aromatic rings. The number of aliphatic hydroxyl groups is 2. The van der Waals surface area contributed by atoms with E-state index in [9.17, 15) is 24.2 Å². The second-order valence-electron chi connectivity index (χ2n) is 19.3. The van der Waals surface area contributed by atoms with Gasteiger partial charge in [-0.2, -0.15) is 0 Å². The normalized spacial score (nSPS) is 13.9. The maximum atomic E-state index is 12.7. The molecule has 0 bridgehead atoms. The third kappa shape index (κ3) is 53.6. The van der Waals surface area contributed by atoms with Crippen molar-refractivity contribution in [1.82, 2.24) is 0 Å². The Morgan fingerprint density at radius 1 is 0.420 bits per heavy atom.